The van der Waals surface area contributed by atoms with Crippen molar-refractivity contribution in [1.82, 2.24) is 0 Å². The molecule has 2 N–H and O–H groups in total. The molecule has 1 aliphatic rings. The first-order chi connectivity index (χ1) is 8.72. The van der Waals surface area contributed by atoms with E-state index in [1.54, 1.807) is 7.11 Å². The number of benzene rings is 1. The zero-order valence-electron chi connectivity index (χ0n) is 11.3. The molecule has 0 aromatic heterocycles. The molecule has 1 aromatic carbocycles. The molecule has 3 nitrogen and oxygen atoms in total. The maximum absolute atomic E-state index is 6.04. The van der Waals surface area contributed by atoms with Crippen molar-refractivity contribution in [2.24, 2.45) is 5.73 Å². The maximum atomic E-state index is 6.04. The van der Waals surface area contributed by atoms with Crippen molar-refractivity contribution in [3.05, 3.63) is 23.8 Å². The second-order valence-electron chi connectivity index (χ2n) is 4.99. The van der Waals surface area contributed by atoms with Crippen LogP contribution in [0.15, 0.2) is 18.2 Å². The van der Waals surface area contributed by atoms with E-state index in [1.165, 1.54) is 5.56 Å². The van der Waals surface area contributed by atoms with Crippen LogP contribution in [0.2, 0.25) is 0 Å². The third kappa shape index (κ3) is 3.16. The predicted molar refractivity (Wildman–Crippen MR) is 73.2 cm³/mol. The molecule has 100 valence electrons. The highest BCUT2D eigenvalue weighted by atomic mass is 16.5. The van der Waals surface area contributed by atoms with Gasteiger partial charge in [-0.1, -0.05) is 13.0 Å². The molecule has 0 unspecified atom stereocenters. The topological polar surface area (TPSA) is 44.5 Å². The fourth-order valence-electron chi connectivity index (χ4n) is 2.42. The average Bonchev–Trinajstić information content (AvgIpc) is 2.41. The highest BCUT2D eigenvalue weighted by Gasteiger charge is 2.20. The van der Waals surface area contributed by atoms with Crippen LogP contribution in [0, 0.1) is 0 Å². The van der Waals surface area contributed by atoms with Gasteiger partial charge in [-0.15, -0.1) is 0 Å². The first kappa shape index (κ1) is 13.2. The number of aryl methyl sites for hydroxylation is 1. The Morgan fingerprint density at radius 1 is 1.17 bits per heavy atom. The van der Waals surface area contributed by atoms with E-state index in [0.717, 1.165) is 43.6 Å². The van der Waals surface area contributed by atoms with Crippen LogP contribution < -0.4 is 15.2 Å². The predicted octanol–water partition coefficient (Wildman–Crippen LogP) is 2.91. The van der Waals surface area contributed by atoms with Gasteiger partial charge in [-0.2, -0.15) is 0 Å². The highest BCUT2D eigenvalue weighted by Crippen LogP contribution is 2.31. The first-order valence-electron chi connectivity index (χ1n) is 6.82. The Hall–Kier alpha value is -1.22. The molecule has 0 saturated heterocycles. The van der Waals surface area contributed by atoms with Gasteiger partial charge in [0.15, 0.2) is 11.5 Å². The van der Waals surface area contributed by atoms with Crippen molar-refractivity contribution in [2.75, 3.05) is 7.11 Å². The van der Waals surface area contributed by atoms with Crippen molar-refractivity contribution in [3.8, 4) is 11.5 Å². The fraction of sp³-hybridized carbons (Fsp3) is 0.600. The second kappa shape index (κ2) is 6.10. The van der Waals surface area contributed by atoms with Crippen LogP contribution in [0.25, 0.3) is 0 Å². The van der Waals surface area contributed by atoms with Crippen molar-refractivity contribution >= 4 is 0 Å². The molecule has 0 heterocycles. The van der Waals surface area contributed by atoms with Crippen LogP contribution in [-0.2, 0) is 6.42 Å². The lowest BCUT2D eigenvalue weighted by molar-refractivity contribution is 0.142. The minimum atomic E-state index is 0.283. The van der Waals surface area contributed by atoms with Crippen molar-refractivity contribution in [3.63, 3.8) is 0 Å². The monoisotopic (exact) mass is 249 g/mol. The molecule has 18 heavy (non-hydrogen) atoms. The summed E-state index contributed by atoms with van der Waals surface area (Å²) in [6.45, 7) is 2.14. The van der Waals surface area contributed by atoms with Crippen molar-refractivity contribution in [1.29, 1.82) is 0 Å². The van der Waals surface area contributed by atoms with E-state index in [9.17, 15) is 0 Å². The standard InChI is InChI=1S/C15H23NO2/c1-3-11-4-9-14(15(10-11)17-2)18-13-7-5-12(16)6-8-13/h4,9-10,12-13H,3,5-8,16H2,1-2H3. The van der Waals surface area contributed by atoms with Crippen molar-refractivity contribution < 1.29 is 9.47 Å². The van der Waals surface area contributed by atoms with Gasteiger partial charge < -0.3 is 15.2 Å². The summed E-state index contributed by atoms with van der Waals surface area (Å²) in [6, 6.07) is 6.54. The molecule has 0 atom stereocenters. The molecule has 0 amide bonds. The quantitative estimate of drug-likeness (QED) is 0.892. The van der Waals surface area contributed by atoms with E-state index < -0.39 is 0 Å². The van der Waals surface area contributed by atoms with Crippen LogP contribution in [-0.4, -0.2) is 19.3 Å². The molecule has 2 rings (SSSR count). The summed E-state index contributed by atoms with van der Waals surface area (Å²) in [5.41, 5.74) is 7.17. The Morgan fingerprint density at radius 3 is 2.50 bits per heavy atom. The second-order valence-corrected chi connectivity index (χ2v) is 4.99. The number of nitrogens with two attached hydrogens (primary N) is 1. The minimum Gasteiger partial charge on any atom is -0.493 e. The van der Waals surface area contributed by atoms with Crippen LogP contribution >= 0.6 is 0 Å². The SMILES string of the molecule is CCc1ccc(OC2CCC(N)CC2)c(OC)c1. The molecule has 1 saturated carbocycles. The Morgan fingerprint density at radius 2 is 1.89 bits per heavy atom. The molecule has 1 aromatic rings. The summed E-state index contributed by atoms with van der Waals surface area (Å²) in [5, 5.41) is 0. The molecular weight excluding hydrogens is 226 g/mol. The Labute approximate surface area is 109 Å². The largest absolute Gasteiger partial charge is 0.493 e. The van der Waals surface area contributed by atoms with Gasteiger partial charge in [0.05, 0.1) is 13.2 Å². The van der Waals surface area contributed by atoms with Crippen LogP contribution in [0.1, 0.15) is 38.2 Å². The molecule has 0 spiro atoms. The summed E-state index contributed by atoms with van der Waals surface area (Å²) in [7, 11) is 1.69. The number of hydrogen-bond donors (Lipinski definition) is 1. The first-order valence-corrected chi connectivity index (χ1v) is 6.82. The van der Waals surface area contributed by atoms with E-state index in [-0.39, 0.29) is 6.10 Å². The van der Waals surface area contributed by atoms with E-state index in [0.29, 0.717) is 6.04 Å². The fourth-order valence-corrected chi connectivity index (χ4v) is 2.42. The van der Waals surface area contributed by atoms with Crippen LogP contribution in [0.4, 0.5) is 0 Å². The van der Waals surface area contributed by atoms with E-state index in [4.69, 9.17) is 15.2 Å². The minimum absolute atomic E-state index is 0.283. The van der Waals surface area contributed by atoms with Crippen LogP contribution in [0.5, 0.6) is 11.5 Å². The lowest BCUT2D eigenvalue weighted by Crippen LogP contribution is -2.31. The summed E-state index contributed by atoms with van der Waals surface area (Å²) in [4.78, 5) is 0. The molecule has 3 heteroatoms. The number of hydrogen-bond acceptors (Lipinski definition) is 3. The third-order valence-corrected chi connectivity index (χ3v) is 3.65. The average molecular weight is 249 g/mol. The molecule has 0 bridgehead atoms. The zero-order chi connectivity index (χ0) is 13.0. The summed E-state index contributed by atoms with van der Waals surface area (Å²) in [6.07, 6.45) is 5.49. The Balaban J connectivity index is 2.04. The summed E-state index contributed by atoms with van der Waals surface area (Å²) in [5.74, 6) is 1.69. The van der Waals surface area contributed by atoms with E-state index in [1.807, 2.05) is 6.07 Å². The lowest BCUT2D eigenvalue weighted by Gasteiger charge is -2.27. The van der Waals surface area contributed by atoms with Gasteiger partial charge in [-0.25, -0.2) is 0 Å². The van der Waals surface area contributed by atoms with Gasteiger partial charge in [0, 0.05) is 6.04 Å². The zero-order valence-corrected chi connectivity index (χ0v) is 11.3. The number of methoxy groups -OCH3 is 1. The lowest BCUT2D eigenvalue weighted by atomic mass is 9.94. The third-order valence-electron chi connectivity index (χ3n) is 3.65. The van der Waals surface area contributed by atoms with E-state index in [2.05, 4.69) is 19.1 Å². The molecule has 1 aliphatic carbocycles. The Kier molecular flexibility index (Phi) is 4.48. The maximum Gasteiger partial charge on any atom is 0.161 e. The van der Waals surface area contributed by atoms with Gasteiger partial charge in [-0.05, 0) is 49.8 Å². The summed E-state index contributed by atoms with van der Waals surface area (Å²) >= 11 is 0. The van der Waals surface area contributed by atoms with Gasteiger partial charge in [0.2, 0.25) is 0 Å². The highest BCUT2D eigenvalue weighted by molar-refractivity contribution is 5.43. The Bertz CT molecular complexity index is 384. The van der Waals surface area contributed by atoms with Crippen LogP contribution in [0.3, 0.4) is 0 Å². The normalized spacial score (nSPS) is 23.7. The van der Waals surface area contributed by atoms with E-state index >= 15 is 0 Å². The number of rotatable bonds is 4. The molecule has 0 aliphatic heterocycles. The van der Waals surface area contributed by atoms with Gasteiger partial charge in [0.25, 0.3) is 0 Å². The molecule has 0 radical (unpaired) electrons. The molecular formula is C15H23NO2. The molecule has 1 fully saturated rings. The summed E-state index contributed by atoms with van der Waals surface area (Å²) < 4.78 is 11.4. The number of ether oxygens (including phenoxy) is 2. The van der Waals surface area contributed by atoms with Gasteiger partial charge >= 0.3 is 0 Å². The van der Waals surface area contributed by atoms with Gasteiger partial charge in [0.1, 0.15) is 0 Å². The smallest absolute Gasteiger partial charge is 0.161 e. The van der Waals surface area contributed by atoms with Crippen molar-refractivity contribution in [2.45, 2.75) is 51.2 Å². The van der Waals surface area contributed by atoms with Gasteiger partial charge in [-0.3, -0.25) is 0 Å².